The van der Waals surface area contributed by atoms with E-state index < -0.39 is 0 Å². The average Bonchev–Trinajstić information content (AvgIpc) is 2.59. The van der Waals surface area contributed by atoms with Gasteiger partial charge in [0.05, 0.1) is 10.4 Å². The number of aromatic nitrogens is 1. The molecule has 5 heteroatoms. The van der Waals surface area contributed by atoms with E-state index in [0.717, 1.165) is 27.7 Å². The lowest BCUT2D eigenvalue weighted by atomic mass is 10.1. The van der Waals surface area contributed by atoms with Gasteiger partial charge in [-0.15, -0.1) is 0 Å². The first-order valence-electron chi connectivity index (χ1n) is 7.53. The molecule has 0 fully saturated rings. The average molecular weight is 319 g/mol. The van der Waals surface area contributed by atoms with Crippen molar-refractivity contribution in [1.29, 1.82) is 0 Å². The molecule has 0 N–H and O–H groups in total. The molecule has 0 amide bonds. The molecule has 120 valence electrons. The van der Waals surface area contributed by atoms with Crippen molar-refractivity contribution >= 4 is 34.4 Å². The highest BCUT2D eigenvalue weighted by Crippen LogP contribution is 2.24. The zero-order chi connectivity index (χ0) is 17.1. The van der Waals surface area contributed by atoms with E-state index in [1.807, 2.05) is 49.3 Å². The first kappa shape index (κ1) is 15.7. The topological polar surface area (TPSA) is 59.3 Å². The number of fused-ring (bicyclic) bond motifs is 1. The van der Waals surface area contributed by atoms with Crippen molar-refractivity contribution in [3.8, 4) is 0 Å². The maximum absolute atomic E-state index is 11.0. The number of anilines is 1. The summed E-state index contributed by atoms with van der Waals surface area (Å²) in [4.78, 5) is 16.9. The van der Waals surface area contributed by atoms with Gasteiger partial charge in [-0.2, -0.15) is 0 Å². The van der Waals surface area contributed by atoms with Gasteiger partial charge in [-0.3, -0.25) is 15.1 Å². The van der Waals surface area contributed by atoms with Crippen LogP contribution in [0.1, 0.15) is 11.1 Å². The largest absolute Gasteiger partial charge is 0.378 e. The van der Waals surface area contributed by atoms with Crippen molar-refractivity contribution in [1.82, 2.24) is 4.98 Å². The van der Waals surface area contributed by atoms with E-state index in [0.29, 0.717) is 0 Å². The van der Waals surface area contributed by atoms with Gasteiger partial charge in [0.1, 0.15) is 0 Å². The number of non-ortho nitro benzene ring substituents is 1. The minimum Gasteiger partial charge on any atom is -0.378 e. The predicted molar refractivity (Wildman–Crippen MR) is 98.1 cm³/mol. The van der Waals surface area contributed by atoms with E-state index in [9.17, 15) is 10.1 Å². The van der Waals surface area contributed by atoms with Gasteiger partial charge in [0.2, 0.25) is 0 Å². The second-order valence-corrected chi connectivity index (χ2v) is 5.68. The van der Waals surface area contributed by atoms with Gasteiger partial charge < -0.3 is 4.90 Å². The number of hydrogen-bond donors (Lipinski definition) is 0. The van der Waals surface area contributed by atoms with Crippen LogP contribution in [-0.4, -0.2) is 24.0 Å². The van der Waals surface area contributed by atoms with Gasteiger partial charge in [0.15, 0.2) is 0 Å². The van der Waals surface area contributed by atoms with Crippen LogP contribution in [0.2, 0.25) is 0 Å². The zero-order valence-corrected chi connectivity index (χ0v) is 13.5. The molecule has 0 spiro atoms. The van der Waals surface area contributed by atoms with Crippen LogP contribution in [0.5, 0.6) is 0 Å². The molecule has 1 aromatic heterocycles. The smallest absolute Gasteiger partial charge is 0.270 e. The number of benzene rings is 2. The fraction of sp³-hybridized carbons (Fsp3) is 0.105. The van der Waals surface area contributed by atoms with Crippen LogP contribution in [0.25, 0.3) is 23.1 Å². The molecule has 0 bridgehead atoms. The second-order valence-electron chi connectivity index (χ2n) is 5.68. The molecule has 3 rings (SSSR count). The molecule has 0 aliphatic heterocycles. The van der Waals surface area contributed by atoms with Gasteiger partial charge in [-0.1, -0.05) is 24.3 Å². The van der Waals surface area contributed by atoms with Crippen molar-refractivity contribution in [2.24, 2.45) is 0 Å². The molecular formula is C19H17N3O2. The summed E-state index contributed by atoms with van der Waals surface area (Å²) in [6.45, 7) is 0. The second kappa shape index (κ2) is 6.50. The molecule has 0 radical (unpaired) electrons. The summed E-state index contributed by atoms with van der Waals surface area (Å²) in [5.41, 5.74) is 3.92. The fourth-order valence-corrected chi connectivity index (χ4v) is 2.48. The van der Waals surface area contributed by atoms with Crippen molar-refractivity contribution in [2.75, 3.05) is 19.0 Å². The quantitative estimate of drug-likeness (QED) is 0.529. The lowest BCUT2D eigenvalue weighted by Crippen LogP contribution is -2.07. The van der Waals surface area contributed by atoms with Crippen LogP contribution in [-0.2, 0) is 0 Å². The normalized spacial score (nSPS) is 11.1. The van der Waals surface area contributed by atoms with Gasteiger partial charge in [0, 0.05) is 43.5 Å². The maximum Gasteiger partial charge on any atom is 0.270 e. The highest BCUT2D eigenvalue weighted by atomic mass is 16.6. The van der Waals surface area contributed by atoms with Crippen LogP contribution in [0, 0.1) is 10.1 Å². The fourth-order valence-electron chi connectivity index (χ4n) is 2.48. The molecule has 0 saturated carbocycles. The molecule has 0 aliphatic rings. The van der Waals surface area contributed by atoms with Crippen LogP contribution in [0.4, 0.5) is 11.4 Å². The SMILES string of the molecule is CN(C)c1ccc(C=Cc2ccnc3ccc([N+](=O)[O-])cc23)cc1. The molecule has 1 heterocycles. The van der Waals surface area contributed by atoms with Gasteiger partial charge in [0.25, 0.3) is 5.69 Å². The Morgan fingerprint density at radius 3 is 2.46 bits per heavy atom. The lowest BCUT2D eigenvalue weighted by molar-refractivity contribution is -0.384. The van der Waals surface area contributed by atoms with Gasteiger partial charge in [-0.25, -0.2) is 0 Å². The zero-order valence-electron chi connectivity index (χ0n) is 13.5. The highest BCUT2D eigenvalue weighted by Gasteiger charge is 2.08. The Hall–Kier alpha value is -3.21. The van der Waals surface area contributed by atoms with Crippen LogP contribution in [0.15, 0.2) is 54.7 Å². The summed E-state index contributed by atoms with van der Waals surface area (Å²) in [5, 5.41) is 11.8. The van der Waals surface area contributed by atoms with Crippen molar-refractivity contribution in [3.63, 3.8) is 0 Å². The number of rotatable bonds is 4. The third-order valence-corrected chi connectivity index (χ3v) is 3.83. The first-order chi connectivity index (χ1) is 11.5. The summed E-state index contributed by atoms with van der Waals surface area (Å²) >= 11 is 0. The molecule has 0 atom stereocenters. The van der Waals surface area contributed by atoms with Crippen LogP contribution < -0.4 is 4.90 Å². The molecule has 0 unspecified atom stereocenters. The Bertz CT molecular complexity index is 916. The Morgan fingerprint density at radius 1 is 1.04 bits per heavy atom. The Labute approximate surface area is 140 Å². The number of nitrogens with zero attached hydrogens (tertiary/aromatic N) is 3. The molecule has 3 aromatic rings. The number of nitro groups is 1. The van der Waals surface area contributed by atoms with Gasteiger partial charge in [-0.05, 0) is 35.4 Å². The van der Waals surface area contributed by atoms with Gasteiger partial charge >= 0.3 is 0 Å². The van der Waals surface area contributed by atoms with E-state index in [-0.39, 0.29) is 10.6 Å². The Morgan fingerprint density at radius 2 is 1.79 bits per heavy atom. The van der Waals surface area contributed by atoms with Crippen LogP contribution >= 0.6 is 0 Å². The van der Waals surface area contributed by atoms with Crippen molar-refractivity contribution in [2.45, 2.75) is 0 Å². The molecule has 2 aromatic carbocycles. The first-order valence-corrected chi connectivity index (χ1v) is 7.53. The highest BCUT2D eigenvalue weighted by molar-refractivity contribution is 5.91. The number of hydrogen-bond acceptors (Lipinski definition) is 4. The molecule has 24 heavy (non-hydrogen) atoms. The summed E-state index contributed by atoms with van der Waals surface area (Å²) in [6.07, 6.45) is 5.66. The molecule has 0 saturated heterocycles. The summed E-state index contributed by atoms with van der Waals surface area (Å²) < 4.78 is 0. The maximum atomic E-state index is 11.0. The van der Waals surface area contributed by atoms with Crippen molar-refractivity contribution < 1.29 is 4.92 Å². The summed E-state index contributed by atoms with van der Waals surface area (Å²) in [7, 11) is 4.00. The van der Waals surface area contributed by atoms with E-state index in [4.69, 9.17) is 0 Å². The Balaban J connectivity index is 1.96. The van der Waals surface area contributed by atoms with E-state index in [1.165, 1.54) is 6.07 Å². The number of pyridine rings is 1. The van der Waals surface area contributed by atoms with Crippen LogP contribution in [0.3, 0.4) is 0 Å². The third kappa shape index (κ3) is 3.25. The predicted octanol–water partition coefficient (Wildman–Crippen LogP) is 4.38. The standard InChI is InChI=1S/C19H17N3O2/c1-21(2)16-7-4-14(5-8-16)3-6-15-11-12-20-19-10-9-17(22(23)24)13-18(15)19/h3-13H,1-2H3. The monoisotopic (exact) mass is 319 g/mol. The minimum absolute atomic E-state index is 0.0699. The Kier molecular flexibility index (Phi) is 4.24. The van der Waals surface area contributed by atoms with E-state index >= 15 is 0 Å². The molecular weight excluding hydrogens is 302 g/mol. The molecule has 5 nitrogen and oxygen atoms in total. The van der Waals surface area contributed by atoms with E-state index in [2.05, 4.69) is 17.1 Å². The summed E-state index contributed by atoms with van der Waals surface area (Å²) in [5.74, 6) is 0. The lowest BCUT2D eigenvalue weighted by Gasteiger charge is -2.11. The van der Waals surface area contributed by atoms with Crippen molar-refractivity contribution in [3.05, 3.63) is 76.0 Å². The number of nitro benzene ring substituents is 1. The third-order valence-electron chi connectivity index (χ3n) is 3.83. The summed E-state index contributed by atoms with van der Waals surface area (Å²) in [6, 6.07) is 14.8. The molecule has 0 aliphatic carbocycles. The minimum atomic E-state index is -0.389. The van der Waals surface area contributed by atoms with E-state index in [1.54, 1.807) is 18.3 Å².